The number of esters is 1. The summed E-state index contributed by atoms with van der Waals surface area (Å²) in [6.45, 7) is 6.04. The molecule has 0 aromatic heterocycles. The fourth-order valence-electron chi connectivity index (χ4n) is 4.34. The van der Waals surface area contributed by atoms with Gasteiger partial charge in [-0.05, 0) is 48.1 Å². The van der Waals surface area contributed by atoms with Crippen LogP contribution in [0.5, 0.6) is 0 Å². The fraction of sp³-hybridized carbons (Fsp3) is 0.133. The largest absolute Gasteiger partial charge is 0.466 e. The van der Waals surface area contributed by atoms with E-state index in [1.807, 2.05) is 73.0 Å². The zero-order valence-electron chi connectivity index (χ0n) is 20.1. The average molecular weight is 482 g/mol. The molecular weight excluding hydrogens is 454 g/mol. The molecule has 0 bridgehead atoms. The Morgan fingerprint density at radius 2 is 1.66 bits per heavy atom. The van der Waals surface area contributed by atoms with Gasteiger partial charge in [-0.1, -0.05) is 73.3 Å². The van der Waals surface area contributed by atoms with Crippen LogP contribution in [0, 0.1) is 0 Å². The quantitative estimate of drug-likeness (QED) is 0.170. The summed E-state index contributed by atoms with van der Waals surface area (Å²) in [5.41, 5.74) is 6.36. The van der Waals surface area contributed by atoms with Crippen molar-refractivity contribution in [2.45, 2.75) is 11.8 Å². The Morgan fingerprint density at radius 3 is 2.37 bits per heavy atom. The number of carbonyl (C=O) groups is 2. The van der Waals surface area contributed by atoms with Crippen LogP contribution in [0.2, 0.25) is 0 Å². The number of thioether (sulfide) groups is 1. The van der Waals surface area contributed by atoms with Crippen molar-refractivity contribution in [2.24, 2.45) is 0 Å². The van der Waals surface area contributed by atoms with E-state index in [0.717, 1.165) is 32.8 Å². The van der Waals surface area contributed by atoms with Gasteiger partial charge in [0.1, 0.15) is 0 Å². The zero-order chi connectivity index (χ0) is 24.9. The molecule has 4 nitrogen and oxygen atoms in total. The molecule has 0 N–H and O–H groups in total. The van der Waals surface area contributed by atoms with E-state index in [2.05, 4.69) is 18.7 Å². The van der Waals surface area contributed by atoms with Crippen LogP contribution in [0.1, 0.15) is 23.6 Å². The van der Waals surface area contributed by atoms with Gasteiger partial charge in [-0.25, -0.2) is 4.79 Å². The van der Waals surface area contributed by atoms with Gasteiger partial charge in [0, 0.05) is 21.6 Å². The number of para-hydroxylation sites is 1. The summed E-state index contributed by atoms with van der Waals surface area (Å²) in [4.78, 5) is 28.7. The van der Waals surface area contributed by atoms with Crippen molar-refractivity contribution in [1.82, 2.24) is 0 Å². The van der Waals surface area contributed by atoms with Gasteiger partial charge in [0.2, 0.25) is 0 Å². The molecule has 0 unspecified atom stereocenters. The lowest BCUT2D eigenvalue weighted by atomic mass is 9.90. The van der Waals surface area contributed by atoms with E-state index >= 15 is 0 Å². The highest BCUT2D eigenvalue weighted by atomic mass is 32.2. The van der Waals surface area contributed by atoms with Crippen LogP contribution >= 0.6 is 11.8 Å². The van der Waals surface area contributed by atoms with E-state index in [1.165, 1.54) is 7.11 Å². The van der Waals surface area contributed by atoms with Crippen molar-refractivity contribution < 1.29 is 14.3 Å². The molecule has 0 saturated carbocycles. The number of hydrogen-bond donors (Lipinski definition) is 0. The van der Waals surface area contributed by atoms with Crippen LogP contribution in [-0.4, -0.2) is 31.8 Å². The Kier molecular flexibility index (Phi) is 7.37. The summed E-state index contributed by atoms with van der Waals surface area (Å²) in [5, 5.41) is 0. The first-order chi connectivity index (χ1) is 17.0. The van der Waals surface area contributed by atoms with Crippen molar-refractivity contribution in [3.8, 4) is 0 Å². The van der Waals surface area contributed by atoms with E-state index in [9.17, 15) is 9.59 Å². The zero-order valence-corrected chi connectivity index (χ0v) is 20.9. The van der Waals surface area contributed by atoms with E-state index in [-0.39, 0.29) is 12.5 Å². The second-order valence-electron chi connectivity index (χ2n) is 8.20. The van der Waals surface area contributed by atoms with Gasteiger partial charge in [0.25, 0.3) is 5.91 Å². The van der Waals surface area contributed by atoms with Crippen LogP contribution in [0.25, 0.3) is 11.1 Å². The Morgan fingerprint density at radius 1 is 1.00 bits per heavy atom. The van der Waals surface area contributed by atoms with Gasteiger partial charge in [-0.2, -0.15) is 0 Å². The Labute approximate surface area is 210 Å². The first-order valence-electron chi connectivity index (χ1n) is 11.2. The molecule has 1 aliphatic rings. The molecule has 3 aromatic rings. The molecule has 0 saturated heterocycles. The van der Waals surface area contributed by atoms with Gasteiger partial charge >= 0.3 is 5.97 Å². The predicted molar refractivity (Wildman–Crippen MR) is 144 cm³/mol. The van der Waals surface area contributed by atoms with Crippen LogP contribution in [0.4, 0.5) is 5.69 Å². The van der Waals surface area contributed by atoms with Gasteiger partial charge in [-0.3, -0.25) is 4.79 Å². The topological polar surface area (TPSA) is 46.6 Å². The lowest BCUT2D eigenvalue weighted by Gasteiger charge is -2.18. The molecule has 0 atom stereocenters. The summed E-state index contributed by atoms with van der Waals surface area (Å²) in [6.07, 6.45) is 3.72. The number of methoxy groups -OCH3 is 1. The number of amides is 1. The predicted octanol–water partition coefficient (Wildman–Crippen LogP) is 6.39. The highest BCUT2D eigenvalue weighted by Crippen LogP contribution is 2.44. The van der Waals surface area contributed by atoms with Gasteiger partial charge in [-0.15, -0.1) is 11.8 Å². The Hall–Kier alpha value is -3.83. The standard InChI is InChI=1S/C30H27NO3S/c1-20(18-21(2)30(33)34-3)19-31-25-16-10-8-14-23(25)28(29(31)32)27(22-12-6-5-7-13-22)24-15-9-11-17-26(24)35-4/h5-18H,1,19H2,2-4H3/b21-18+,28-27+. The van der Waals surface area contributed by atoms with Crippen molar-refractivity contribution in [3.05, 3.63) is 119 Å². The summed E-state index contributed by atoms with van der Waals surface area (Å²) < 4.78 is 4.79. The second kappa shape index (κ2) is 10.6. The molecule has 4 rings (SSSR count). The smallest absolute Gasteiger partial charge is 0.333 e. The number of ether oxygens (including phenoxy) is 1. The summed E-state index contributed by atoms with van der Waals surface area (Å²) >= 11 is 1.66. The SMILES string of the molecule is C=C(/C=C(\C)C(=O)OC)CN1C(=O)/C(=C(\c2ccccc2)c2ccccc2SC)c2ccccc21. The molecule has 0 aliphatic carbocycles. The maximum Gasteiger partial charge on any atom is 0.333 e. The molecule has 35 heavy (non-hydrogen) atoms. The summed E-state index contributed by atoms with van der Waals surface area (Å²) in [7, 11) is 1.34. The minimum absolute atomic E-state index is 0.0915. The Balaban J connectivity index is 1.89. The molecule has 3 aromatic carbocycles. The minimum Gasteiger partial charge on any atom is -0.466 e. The maximum atomic E-state index is 14.1. The summed E-state index contributed by atoms with van der Waals surface area (Å²) in [5.74, 6) is -0.508. The Bertz CT molecular complexity index is 1350. The minimum atomic E-state index is -0.417. The number of rotatable bonds is 7. The monoisotopic (exact) mass is 481 g/mol. The van der Waals surface area contributed by atoms with Crippen molar-refractivity contribution in [3.63, 3.8) is 0 Å². The average Bonchev–Trinajstić information content (AvgIpc) is 3.15. The van der Waals surface area contributed by atoms with Crippen LogP contribution in [-0.2, 0) is 14.3 Å². The molecular formula is C30H27NO3S. The molecule has 0 radical (unpaired) electrons. The lowest BCUT2D eigenvalue weighted by molar-refractivity contribution is -0.136. The first kappa shape index (κ1) is 24.3. The van der Waals surface area contributed by atoms with E-state index < -0.39 is 5.97 Å². The number of hydrogen-bond acceptors (Lipinski definition) is 4. The van der Waals surface area contributed by atoms with Gasteiger partial charge in [0.05, 0.1) is 24.9 Å². The molecule has 1 aliphatic heterocycles. The highest BCUT2D eigenvalue weighted by molar-refractivity contribution is 7.98. The lowest BCUT2D eigenvalue weighted by Crippen LogP contribution is -2.28. The van der Waals surface area contributed by atoms with Crippen molar-refractivity contribution in [2.75, 3.05) is 24.8 Å². The third-order valence-electron chi connectivity index (χ3n) is 5.90. The highest BCUT2D eigenvalue weighted by Gasteiger charge is 2.35. The van der Waals surface area contributed by atoms with Gasteiger partial charge in [0.15, 0.2) is 0 Å². The third-order valence-corrected chi connectivity index (χ3v) is 6.70. The molecule has 0 spiro atoms. The van der Waals surface area contributed by atoms with Crippen LogP contribution in [0.15, 0.2) is 108 Å². The third kappa shape index (κ3) is 4.86. The van der Waals surface area contributed by atoms with Gasteiger partial charge < -0.3 is 9.64 Å². The maximum absolute atomic E-state index is 14.1. The number of carbonyl (C=O) groups excluding carboxylic acids is 2. The van der Waals surface area contributed by atoms with E-state index in [4.69, 9.17) is 4.74 Å². The molecule has 0 fully saturated rings. The number of anilines is 1. The van der Waals surface area contributed by atoms with E-state index in [1.54, 1.807) is 29.7 Å². The van der Waals surface area contributed by atoms with E-state index in [0.29, 0.717) is 16.7 Å². The number of fused-ring (bicyclic) bond motifs is 1. The molecule has 1 heterocycles. The molecule has 1 amide bonds. The van der Waals surface area contributed by atoms with Crippen LogP contribution < -0.4 is 4.90 Å². The number of nitrogens with zero attached hydrogens (tertiary/aromatic N) is 1. The number of benzene rings is 3. The van der Waals surface area contributed by atoms with Crippen molar-refractivity contribution >= 4 is 40.5 Å². The van der Waals surface area contributed by atoms with Crippen LogP contribution in [0.3, 0.4) is 0 Å². The fourth-order valence-corrected chi connectivity index (χ4v) is 4.95. The summed E-state index contributed by atoms with van der Waals surface area (Å²) in [6, 6.07) is 26.0. The second-order valence-corrected chi connectivity index (χ2v) is 9.05. The van der Waals surface area contributed by atoms with Crippen molar-refractivity contribution in [1.29, 1.82) is 0 Å². The first-order valence-corrected chi connectivity index (χ1v) is 12.5. The molecule has 176 valence electrons. The molecule has 5 heteroatoms. The normalized spacial score (nSPS) is 14.5.